The van der Waals surface area contributed by atoms with Crippen molar-refractivity contribution in [1.82, 2.24) is 10.2 Å². The standard InChI is InChI=1S/C16H18N2O3/c1-12-16(21)17-15(20)11-18(12)10-14-8-3-2-6-13(14)7-4-5-9-19/h2-3,6,8,12,19H,5,9-11H2,1H3,(H,17,20,21). The first-order chi connectivity index (χ1) is 10.1. The molecule has 1 aliphatic heterocycles. The monoisotopic (exact) mass is 286 g/mol. The molecule has 5 heteroatoms. The van der Waals surface area contributed by atoms with Gasteiger partial charge in [0.15, 0.2) is 0 Å². The molecule has 0 aromatic heterocycles. The Labute approximate surface area is 124 Å². The van der Waals surface area contributed by atoms with Crippen LogP contribution in [-0.4, -0.2) is 41.0 Å². The van der Waals surface area contributed by atoms with Crippen LogP contribution in [0.25, 0.3) is 0 Å². The quantitative estimate of drug-likeness (QED) is 0.618. The fraction of sp³-hybridized carbons (Fsp3) is 0.375. The molecule has 2 N–H and O–H groups in total. The first kappa shape index (κ1) is 15.2. The second-order valence-electron chi connectivity index (χ2n) is 4.93. The smallest absolute Gasteiger partial charge is 0.243 e. The average molecular weight is 286 g/mol. The van der Waals surface area contributed by atoms with E-state index in [1.807, 2.05) is 29.2 Å². The number of nitrogens with one attached hydrogen (secondary N) is 1. The lowest BCUT2D eigenvalue weighted by Gasteiger charge is -2.31. The topological polar surface area (TPSA) is 69.6 Å². The molecule has 110 valence electrons. The van der Waals surface area contributed by atoms with Crippen LogP contribution in [0.5, 0.6) is 0 Å². The van der Waals surface area contributed by atoms with Gasteiger partial charge in [0, 0.05) is 18.5 Å². The van der Waals surface area contributed by atoms with Gasteiger partial charge in [0.25, 0.3) is 0 Å². The Morgan fingerprint density at radius 2 is 2.14 bits per heavy atom. The lowest BCUT2D eigenvalue weighted by atomic mass is 10.1. The molecule has 1 heterocycles. The Morgan fingerprint density at radius 3 is 2.90 bits per heavy atom. The van der Waals surface area contributed by atoms with Gasteiger partial charge < -0.3 is 5.11 Å². The molecule has 1 atom stereocenters. The normalized spacial score (nSPS) is 18.9. The van der Waals surface area contributed by atoms with Crippen LogP contribution in [0.4, 0.5) is 0 Å². The zero-order valence-corrected chi connectivity index (χ0v) is 11.9. The van der Waals surface area contributed by atoms with Gasteiger partial charge >= 0.3 is 0 Å². The van der Waals surface area contributed by atoms with E-state index in [0.717, 1.165) is 11.1 Å². The van der Waals surface area contributed by atoms with Crippen LogP contribution in [0, 0.1) is 11.8 Å². The largest absolute Gasteiger partial charge is 0.395 e. The molecular weight excluding hydrogens is 268 g/mol. The van der Waals surface area contributed by atoms with Crippen molar-refractivity contribution in [2.24, 2.45) is 0 Å². The number of aliphatic hydroxyl groups is 1. The van der Waals surface area contributed by atoms with Gasteiger partial charge in [0.05, 0.1) is 19.2 Å². The Morgan fingerprint density at radius 1 is 1.38 bits per heavy atom. The van der Waals surface area contributed by atoms with E-state index in [9.17, 15) is 9.59 Å². The van der Waals surface area contributed by atoms with Crippen molar-refractivity contribution in [3.8, 4) is 11.8 Å². The lowest BCUT2D eigenvalue weighted by molar-refractivity contribution is -0.139. The molecule has 2 rings (SSSR count). The summed E-state index contributed by atoms with van der Waals surface area (Å²) in [5.41, 5.74) is 1.83. The number of benzene rings is 1. The fourth-order valence-corrected chi connectivity index (χ4v) is 2.17. The fourth-order valence-electron chi connectivity index (χ4n) is 2.17. The number of piperazine rings is 1. The zero-order chi connectivity index (χ0) is 15.2. The Bertz CT molecular complexity index is 601. The maximum absolute atomic E-state index is 11.7. The summed E-state index contributed by atoms with van der Waals surface area (Å²) in [4.78, 5) is 25.0. The average Bonchev–Trinajstić information content (AvgIpc) is 2.46. The van der Waals surface area contributed by atoms with Gasteiger partial charge in [0.1, 0.15) is 0 Å². The summed E-state index contributed by atoms with van der Waals surface area (Å²) in [7, 11) is 0. The summed E-state index contributed by atoms with van der Waals surface area (Å²) in [6.45, 7) is 2.50. The van der Waals surface area contributed by atoms with Crippen LogP contribution >= 0.6 is 0 Å². The lowest BCUT2D eigenvalue weighted by Crippen LogP contribution is -2.56. The Balaban J connectivity index is 2.17. The summed E-state index contributed by atoms with van der Waals surface area (Å²) in [5, 5.41) is 11.1. The minimum atomic E-state index is -0.346. The molecule has 1 aromatic rings. The number of aliphatic hydroxyl groups excluding tert-OH is 1. The highest BCUT2D eigenvalue weighted by Gasteiger charge is 2.30. The number of carbonyl (C=O) groups excluding carboxylic acids is 2. The zero-order valence-electron chi connectivity index (χ0n) is 11.9. The van der Waals surface area contributed by atoms with Crippen LogP contribution < -0.4 is 5.32 Å². The predicted octanol–water partition coefficient (Wildman–Crippen LogP) is 0.267. The van der Waals surface area contributed by atoms with Crippen molar-refractivity contribution < 1.29 is 14.7 Å². The minimum Gasteiger partial charge on any atom is -0.395 e. The van der Waals surface area contributed by atoms with Gasteiger partial charge in [-0.15, -0.1) is 0 Å². The van der Waals surface area contributed by atoms with Crippen molar-refractivity contribution in [1.29, 1.82) is 0 Å². The summed E-state index contributed by atoms with van der Waals surface area (Å²) < 4.78 is 0. The maximum Gasteiger partial charge on any atom is 0.243 e. The van der Waals surface area contributed by atoms with Crippen LogP contribution in [0.3, 0.4) is 0 Å². The summed E-state index contributed by atoms with van der Waals surface area (Å²) in [5.74, 6) is 5.37. The van der Waals surface area contributed by atoms with Gasteiger partial charge in [0.2, 0.25) is 11.8 Å². The molecule has 1 saturated heterocycles. The second kappa shape index (κ2) is 7.02. The van der Waals surface area contributed by atoms with Crippen LogP contribution in [0.2, 0.25) is 0 Å². The molecule has 0 saturated carbocycles. The van der Waals surface area contributed by atoms with Gasteiger partial charge in [-0.1, -0.05) is 30.0 Å². The third kappa shape index (κ3) is 3.91. The van der Waals surface area contributed by atoms with Crippen LogP contribution in [-0.2, 0) is 16.1 Å². The van der Waals surface area contributed by atoms with E-state index in [2.05, 4.69) is 17.2 Å². The third-order valence-corrected chi connectivity index (χ3v) is 3.39. The molecule has 0 spiro atoms. The minimum absolute atomic E-state index is 0.0347. The Hall–Kier alpha value is -2.16. The second-order valence-corrected chi connectivity index (χ2v) is 4.93. The van der Waals surface area contributed by atoms with E-state index in [1.54, 1.807) is 6.92 Å². The highest BCUT2D eigenvalue weighted by molar-refractivity contribution is 6.00. The molecule has 1 fully saturated rings. The number of hydrogen-bond acceptors (Lipinski definition) is 4. The highest BCUT2D eigenvalue weighted by atomic mass is 16.2. The SMILES string of the molecule is CC1C(=O)NC(=O)CN1Cc1ccccc1C#CCCO. The molecule has 1 aromatic carbocycles. The molecule has 2 amide bonds. The van der Waals surface area contributed by atoms with E-state index in [0.29, 0.717) is 13.0 Å². The summed E-state index contributed by atoms with van der Waals surface area (Å²) in [6.07, 6.45) is 0.426. The number of nitrogens with zero attached hydrogens (tertiary/aromatic N) is 1. The van der Waals surface area contributed by atoms with Crippen molar-refractivity contribution >= 4 is 11.8 Å². The molecule has 0 bridgehead atoms. The molecular formula is C16H18N2O3. The van der Waals surface area contributed by atoms with Crippen molar-refractivity contribution in [2.75, 3.05) is 13.2 Å². The first-order valence-electron chi connectivity index (χ1n) is 6.87. The van der Waals surface area contributed by atoms with Gasteiger partial charge in [-0.25, -0.2) is 0 Å². The van der Waals surface area contributed by atoms with Crippen LogP contribution in [0.1, 0.15) is 24.5 Å². The van der Waals surface area contributed by atoms with E-state index in [1.165, 1.54) is 0 Å². The number of amides is 2. The highest BCUT2D eigenvalue weighted by Crippen LogP contribution is 2.14. The Kier molecular flexibility index (Phi) is 5.09. The van der Waals surface area contributed by atoms with Crippen molar-refractivity contribution in [3.63, 3.8) is 0 Å². The maximum atomic E-state index is 11.7. The van der Waals surface area contributed by atoms with E-state index >= 15 is 0 Å². The molecule has 0 aliphatic carbocycles. The molecule has 5 nitrogen and oxygen atoms in total. The van der Waals surface area contributed by atoms with E-state index in [-0.39, 0.29) is 31.0 Å². The van der Waals surface area contributed by atoms with Gasteiger partial charge in [-0.2, -0.15) is 0 Å². The number of hydrogen-bond donors (Lipinski definition) is 2. The predicted molar refractivity (Wildman–Crippen MR) is 78.0 cm³/mol. The van der Waals surface area contributed by atoms with Crippen LogP contribution in [0.15, 0.2) is 24.3 Å². The summed E-state index contributed by atoms with van der Waals surface area (Å²) in [6, 6.07) is 7.29. The number of carbonyl (C=O) groups is 2. The molecule has 1 unspecified atom stereocenters. The number of imide groups is 1. The van der Waals surface area contributed by atoms with Gasteiger partial charge in [-0.05, 0) is 18.6 Å². The number of rotatable bonds is 3. The third-order valence-electron chi connectivity index (χ3n) is 3.39. The molecule has 21 heavy (non-hydrogen) atoms. The van der Waals surface area contributed by atoms with Gasteiger partial charge in [-0.3, -0.25) is 19.8 Å². The van der Waals surface area contributed by atoms with Crippen molar-refractivity contribution in [3.05, 3.63) is 35.4 Å². The van der Waals surface area contributed by atoms with E-state index in [4.69, 9.17) is 5.11 Å². The van der Waals surface area contributed by atoms with Crippen molar-refractivity contribution in [2.45, 2.75) is 25.9 Å². The molecule has 1 aliphatic rings. The summed E-state index contributed by atoms with van der Waals surface area (Å²) >= 11 is 0. The van der Waals surface area contributed by atoms with E-state index < -0.39 is 0 Å². The molecule has 0 radical (unpaired) electrons. The first-order valence-corrected chi connectivity index (χ1v) is 6.87.